The summed E-state index contributed by atoms with van der Waals surface area (Å²) in [5.41, 5.74) is 1.34. The summed E-state index contributed by atoms with van der Waals surface area (Å²) in [4.78, 5) is 2.08. The molecule has 0 spiro atoms. The Morgan fingerprint density at radius 2 is 2.06 bits per heavy atom. The van der Waals surface area contributed by atoms with Crippen LogP contribution in [0.2, 0.25) is 0 Å². The second kappa shape index (κ2) is 5.56. The molecule has 2 nitrogen and oxygen atoms in total. The van der Waals surface area contributed by atoms with E-state index >= 15 is 0 Å². The van der Waals surface area contributed by atoms with Gasteiger partial charge in [-0.15, -0.1) is 0 Å². The van der Waals surface area contributed by atoms with Gasteiger partial charge < -0.3 is 5.32 Å². The molecule has 1 aromatic carbocycles. The summed E-state index contributed by atoms with van der Waals surface area (Å²) in [5.74, 6) is -0.254. The van der Waals surface area contributed by atoms with Crippen LogP contribution >= 0.6 is 0 Å². The highest BCUT2D eigenvalue weighted by Gasteiger charge is 2.24. The number of nitrogens with zero attached hydrogens (tertiary/aromatic N) is 1. The standard InChI is InChI=1S/C13H18F2N2/c1-10-11(3-2-4-12(10)15)13(9-14)17-7-5-16-6-8-17/h2-4,13,16H,5-9H2,1H3/t13-/m0/s1. The molecule has 0 radical (unpaired) electrons. The van der Waals surface area contributed by atoms with Gasteiger partial charge in [0, 0.05) is 26.2 Å². The monoisotopic (exact) mass is 240 g/mol. The molecule has 1 heterocycles. The van der Waals surface area contributed by atoms with Gasteiger partial charge in [0.05, 0.1) is 6.04 Å². The molecule has 1 aliphatic rings. The maximum atomic E-state index is 13.5. The lowest BCUT2D eigenvalue weighted by molar-refractivity contribution is 0.147. The second-order valence-corrected chi connectivity index (χ2v) is 4.41. The van der Waals surface area contributed by atoms with Crippen LogP contribution < -0.4 is 5.32 Å². The molecule has 0 aliphatic carbocycles. The zero-order valence-corrected chi connectivity index (χ0v) is 10.0. The molecule has 0 bridgehead atoms. The van der Waals surface area contributed by atoms with Gasteiger partial charge in [-0.2, -0.15) is 0 Å². The van der Waals surface area contributed by atoms with Crippen LogP contribution in [0.15, 0.2) is 18.2 Å². The third-order valence-corrected chi connectivity index (χ3v) is 3.41. The number of alkyl halides is 1. The Labute approximate surface area is 101 Å². The molecule has 1 atom stereocenters. The number of nitrogens with one attached hydrogen (secondary N) is 1. The second-order valence-electron chi connectivity index (χ2n) is 4.41. The van der Waals surface area contributed by atoms with E-state index in [0.29, 0.717) is 5.56 Å². The summed E-state index contributed by atoms with van der Waals surface area (Å²) in [6.07, 6.45) is 0. The maximum absolute atomic E-state index is 13.5. The number of halogens is 2. The van der Waals surface area contributed by atoms with Crippen LogP contribution in [0.4, 0.5) is 8.78 Å². The van der Waals surface area contributed by atoms with Gasteiger partial charge in [-0.25, -0.2) is 8.78 Å². The zero-order valence-electron chi connectivity index (χ0n) is 10.0. The van der Waals surface area contributed by atoms with Gasteiger partial charge in [-0.1, -0.05) is 12.1 Å². The fourth-order valence-electron chi connectivity index (χ4n) is 2.36. The van der Waals surface area contributed by atoms with E-state index in [-0.39, 0.29) is 11.9 Å². The molecular weight excluding hydrogens is 222 g/mol. The van der Waals surface area contributed by atoms with Crippen molar-refractivity contribution < 1.29 is 8.78 Å². The summed E-state index contributed by atoms with van der Waals surface area (Å²) in [6.45, 7) is 4.60. The van der Waals surface area contributed by atoms with Gasteiger partial charge in [0.15, 0.2) is 0 Å². The Kier molecular flexibility index (Phi) is 4.07. The lowest BCUT2D eigenvalue weighted by Gasteiger charge is -2.34. The lowest BCUT2D eigenvalue weighted by atomic mass is 10.00. The van der Waals surface area contributed by atoms with E-state index in [1.807, 2.05) is 6.07 Å². The van der Waals surface area contributed by atoms with E-state index in [9.17, 15) is 8.78 Å². The van der Waals surface area contributed by atoms with Crippen molar-refractivity contribution in [2.75, 3.05) is 32.9 Å². The van der Waals surface area contributed by atoms with Crippen LogP contribution in [0.5, 0.6) is 0 Å². The molecule has 4 heteroatoms. The Morgan fingerprint density at radius 1 is 1.35 bits per heavy atom. The molecule has 0 unspecified atom stereocenters. The molecule has 1 aromatic rings. The van der Waals surface area contributed by atoms with Crippen molar-refractivity contribution in [2.24, 2.45) is 0 Å². The van der Waals surface area contributed by atoms with Crippen LogP contribution in [0.3, 0.4) is 0 Å². The highest BCUT2D eigenvalue weighted by atomic mass is 19.1. The predicted octanol–water partition coefficient (Wildman–Crippen LogP) is 2.05. The molecule has 94 valence electrons. The summed E-state index contributed by atoms with van der Waals surface area (Å²) in [6, 6.07) is 4.59. The summed E-state index contributed by atoms with van der Waals surface area (Å²) in [7, 11) is 0. The normalized spacial score (nSPS) is 19.2. The minimum atomic E-state index is -0.468. The van der Waals surface area contributed by atoms with Crippen molar-refractivity contribution in [3.05, 3.63) is 35.1 Å². The first-order valence-corrected chi connectivity index (χ1v) is 5.99. The molecule has 1 fully saturated rings. The first-order valence-electron chi connectivity index (χ1n) is 5.99. The van der Waals surface area contributed by atoms with Crippen LogP contribution in [0.1, 0.15) is 17.2 Å². The van der Waals surface area contributed by atoms with Crippen molar-refractivity contribution in [2.45, 2.75) is 13.0 Å². The largest absolute Gasteiger partial charge is 0.314 e. The molecular formula is C13H18F2N2. The fraction of sp³-hybridized carbons (Fsp3) is 0.538. The Hall–Kier alpha value is -1.00. The van der Waals surface area contributed by atoms with Crippen molar-refractivity contribution in [1.29, 1.82) is 0 Å². The van der Waals surface area contributed by atoms with Gasteiger partial charge in [0.1, 0.15) is 12.5 Å². The Bertz CT molecular complexity index is 376. The number of hydrogen-bond acceptors (Lipinski definition) is 2. The van der Waals surface area contributed by atoms with E-state index < -0.39 is 6.67 Å². The number of piperazine rings is 1. The van der Waals surface area contributed by atoms with Crippen LogP contribution in [0, 0.1) is 12.7 Å². The van der Waals surface area contributed by atoms with Crippen molar-refractivity contribution in [3.63, 3.8) is 0 Å². The van der Waals surface area contributed by atoms with Crippen molar-refractivity contribution in [1.82, 2.24) is 10.2 Å². The minimum Gasteiger partial charge on any atom is -0.314 e. The summed E-state index contributed by atoms with van der Waals surface area (Å²) < 4.78 is 26.7. The number of benzene rings is 1. The average Bonchev–Trinajstić information content (AvgIpc) is 2.37. The molecule has 0 amide bonds. The molecule has 0 aromatic heterocycles. The van der Waals surface area contributed by atoms with Crippen LogP contribution in [0.25, 0.3) is 0 Å². The maximum Gasteiger partial charge on any atom is 0.126 e. The number of hydrogen-bond donors (Lipinski definition) is 1. The van der Waals surface area contributed by atoms with E-state index in [0.717, 1.165) is 31.7 Å². The third kappa shape index (κ3) is 2.64. The molecule has 1 aliphatic heterocycles. The summed E-state index contributed by atoms with van der Waals surface area (Å²) in [5, 5.41) is 3.23. The zero-order chi connectivity index (χ0) is 12.3. The van der Waals surface area contributed by atoms with Gasteiger partial charge in [0.25, 0.3) is 0 Å². The van der Waals surface area contributed by atoms with Gasteiger partial charge >= 0.3 is 0 Å². The quantitative estimate of drug-likeness (QED) is 0.870. The average molecular weight is 240 g/mol. The molecule has 0 saturated carbocycles. The van der Waals surface area contributed by atoms with Gasteiger partial charge in [-0.3, -0.25) is 4.90 Å². The van der Waals surface area contributed by atoms with E-state index in [1.54, 1.807) is 13.0 Å². The minimum absolute atomic E-state index is 0.254. The highest BCUT2D eigenvalue weighted by molar-refractivity contribution is 5.30. The van der Waals surface area contributed by atoms with Crippen LogP contribution in [-0.2, 0) is 0 Å². The highest BCUT2D eigenvalue weighted by Crippen LogP contribution is 2.26. The molecule has 2 rings (SSSR count). The predicted molar refractivity (Wildman–Crippen MR) is 64.3 cm³/mol. The lowest BCUT2D eigenvalue weighted by Crippen LogP contribution is -2.45. The molecule has 1 N–H and O–H groups in total. The third-order valence-electron chi connectivity index (χ3n) is 3.41. The van der Waals surface area contributed by atoms with Crippen molar-refractivity contribution in [3.8, 4) is 0 Å². The Morgan fingerprint density at radius 3 is 2.71 bits per heavy atom. The van der Waals surface area contributed by atoms with Gasteiger partial charge in [-0.05, 0) is 24.1 Å². The van der Waals surface area contributed by atoms with E-state index in [2.05, 4.69) is 10.2 Å². The fourth-order valence-corrected chi connectivity index (χ4v) is 2.36. The first kappa shape index (κ1) is 12.5. The van der Waals surface area contributed by atoms with Gasteiger partial charge in [0.2, 0.25) is 0 Å². The molecule has 17 heavy (non-hydrogen) atoms. The van der Waals surface area contributed by atoms with Crippen molar-refractivity contribution >= 4 is 0 Å². The molecule has 1 saturated heterocycles. The smallest absolute Gasteiger partial charge is 0.126 e. The SMILES string of the molecule is Cc1c(F)cccc1[C@H](CF)N1CCNCC1. The summed E-state index contributed by atoms with van der Waals surface area (Å²) >= 11 is 0. The Balaban J connectivity index is 2.24. The van der Waals surface area contributed by atoms with E-state index in [1.165, 1.54) is 6.07 Å². The first-order chi connectivity index (χ1) is 8.24. The van der Waals surface area contributed by atoms with Crippen LogP contribution in [-0.4, -0.2) is 37.8 Å². The van der Waals surface area contributed by atoms with E-state index in [4.69, 9.17) is 0 Å². The number of rotatable bonds is 3. The topological polar surface area (TPSA) is 15.3 Å².